The standard InChI is InChI=1S/C14H14N2O2S/c1-17-12-4-3-10(7-13(12)18-2)8-14-16-9-11(19-14)5-6-15/h3-4,7,9H,5,8H2,1-2H3. The summed E-state index contributed by atoms with van der Waals surface area (Å²) in [5.74, 6) is 1.43. The molecule has 4 nitrogen and oxygen atoms in total. The molecule has 0 radical (unpaired) electrons. The SMILES string of the molecule is COc1ccc(Cc2ncc(CC#N)s2)cc1OC. The summed E-state index contributed by atoms with van der Waals surface area (Å²) in [4.78, 5) is 5.32. The van der Waals surface area contributed by atoms with Crippen LogP contribution in [0.5, 0.6) is 11.5 Å². The topological polar surface area (TPSA) is 55.1 Å². The average molecular weight is 274 g/mol. The third-order valence-corrected chi connectivity index (χ3v) is 3.66. The van der Waals surface area contributed by atoms with Crippen molar-refractivity contribution in [1.82, 2.24) is 4.98 Å². The monoisotopic (exact) mass is 274 g/mol. The van der Waals surface area contributed by atoms with Crippen molar-refractivity contribution in [2.45, 2.75) is 12.8 Å². The van der Waals surface area contributed by atoms with Crippen LogP contribution >= 0.6 is 11.3 Å². The van der Waals surface area contributed by atoms with Gasteiger partial charge in [0.25, 0.3) is 0 Å². The van der Waals surface area contributed by atoms with Gasteiger partial charge in [-0.25, -0.2) is 4.98 Å². The zero-order valence-electron chi connectivity index (χ0n) is 10.8. The highest BCUT2D eigenvalue weighted by atomic mass is 32.1. The van der Waals surface area contributed by atoms with E-state index in [0.717, 1.165) is 27.6 Å². The zero-order valence-corrected chi connectivity index (χ0v) is 11.7. The molecule has 1 heterocycles. The molecule has 2 rings (SSSR count). The van der Waals surface area contributed by atoms with E-state index in [1.165, 1.54) is 0 Å². The van der Waals surface area contributed by atoms with Crippen LogP contribution in [0.15, 0.2) is 24.4 Å². The second-order valence-corrected chi connectivity index (χ2v) is 5.12. The molecule has 0 aliphatic carbocycles. The minimum atomic E-state index is 0.420. The Balaban J connectivity index is 2.16. The summed E-state index contributed by atoms with van der Waals surface area (Å²) < 4.78 is 10.5. The molecule has 98 valence electrons. The smallest absolute Gasteiger partial charge is 0.160 e. The summed E-state index contributed by atoms with van der Waals surface area (Å²) in [6, 6.07) is 7.96. The second-order valence-electron chi connectivity index (χ2n) is 3.92. The summed E-state index contributed by atoms with van der Waals surface area (Å²) >= 11 is 1.57. The van der Waals surface area contributed by atoms with Gasteiger partial charge < -0.3 is 9.47 Å². The number of benzene rings is 1. The molecule has 0 aliphatic rings. The molecule has 0 spiro atoms. The van der Waals surface area contributed by atoms with E-state index in [0.29, 0.717) is 12.2 Å². The lowest BCUT2D eigenvalue weighted by Crippen LogP contribution is -1.93. The molecule has 0 aliphatic heterocycles. The Kier molecular flexibility index (Phi) is 4.37. The molecular weight excluding hydrogens is 260 g/mol. The Labute approximate surface area is 116 Å². The number of aromatic nitrogens is 1. The van der Waals surface area contributed by atoms with Gasteiger partial charge in [-0.2, -0.15) is 5.26 Å². The maximum absolute atomic E-state index is 8.64. The van der Waals surface area contributed by atoms with Crippen LogP contribution in [0.2, 0.25) is 0 Å². The molecule has 0 fully saturated rings. The number of nitriles is 1. The number of rotatable bonds is 5. The van der Waals surface area contributed by atoms with E-state index in [1.54, 1.807) is 31.8 Å². The van der Waals surface area contributed by atoms with Gasteiger partial charge in [0, 0.05) is 17.5 Å². The fourth-order valence-electron chi connectivity index (χ4n) is 1.75. The molecule has 0 amide bonds. The molecule has 0 N–H and O–H groups in total. The highest BCUT2D eigenvalue weighted by Gasteiger charge is 2.07. The third-order valence-electron chi connectivity index (χ3n) is 2.66. The highest BCUT2D eigenvalue weighted by Crippen LogP contribution is 2.29. The molecule has 1 aromatic heterocycles. The van der Waals surface area contributed by atoms with Gasteiger partial charge in [0.15, 0.2) is 11.5 Å². The molecule has 0 saturated carbocycles. The first-order chi connectivity index (χ1) is 9.26. The van der Waals surface area contributed by atoms with Gasteiger partial charge in [0.05, 0.1) is 31.7 Å². The van der Waals surface area contributed by atoms with Crippen LogP contribution in [0.25, 0.3) is 0 Å². The van der Waals surface area contributed by atoms with E-state index in [2.05, 4.69) is 11.1 Å². The van der Waals surface area contributed by atoms with Gasteiger partial charge in [-0.3, -0.25) is 0 Å². The van der Waals surface area contributed by atoms with E-state index in [-0.39, 0.29) is 0 Å². The summed E-state index contributed by atoms with van der Waals surface area (Å²) in [5, 5.41) is 9.64. The summed E-state index contributed by atoms with van der Waals surface area (Å²) in [7, 11) is 3.24. The minimum Gasteiger partial charge on any atom is -0.493 e. The van der Waals surface area contributed by atoms with Gasteiger partial charge in [-0.05, 0) is 17.7 Å². The number of hydrogen-bond donors (Lipinski definition) is 0. The van der Waals surface area contributed by atoms with E-state index < -0.39 is 0 Å². The number of ether oxygens (including phenoxy) is 2. The Morgan fingerprint density at radius 2 is 2.05 bits per heavy atom. The quantitative estimate of drug-likeness (QED) is 0.841. The number of nitrogens with zero attached hydrogens (tertiary/aromatic N) is 2. The van der Waals surface area contributed by atoms with Crippen LogP contribution in [0.3, 0.4) is 0 Å². The third kappa shape index (κ3) is 3.24. The van der Waals surface area contributed by atoms with Crippen molar-refractivity contribution in [1.29, 1.82) is 5.26 Å². The van der Waals surface area contributed by atoms with Crippen LogP contribution in [0.1, 0.15) is 15.4 Å². The molecule has 0 unspecified atom stereocenters. The van der Waals surface area contributed by atoms with Crippen LogP contribution < -0.4 is 9.47 Å². The fourth-order valence-corrected chi connectivity index (χ4v) is 2.64. The lowest BCUT2D eigenvalue weighted by atomic mass is 10.1. The lowest BCUT2D eigenvalue weighted by molar-refractivity contribution is 0.354. The summed E-state index contributed by atoms with van der Waals surface area (Å²) in [6.45, 7) is 0. The van der Waals surface area contributed by atoms with E-state index in [1.807, 2.05) is 18.2 Å². The van der Waals surface area contributed by atoms with Crippen LogP contribution in [-0.2, 0) is 12.8 Å². The maximum atomic E-state index is 8.64. The van der Waals surface area contributed by atoms with Gasteiger partial charge in [-0.1, -0.05) is 6.07 Å². The van der Waals surface area contributed by atoms with Crippen molar-refractivity contribution in [3.63, 3.8) is 0 Å². The molecule has 5 heteroatoms. The summed E-state index contributed by atoms with van der Waals surface area (Å²) in [5.41, 5.74) is 1.11. The predicted molar refractivity (Wildman–Crippen MR) is 73.8 cm³/mol. The second kappa shape index (κ2) is 6.21. The van der Waals surface area contributed by atoms with E-state index >= 15 is 0 Å². The number of thiazole rings is 1. The fraction of sp³-hybridized carbons (Fsp3) is 0.286. The Morgan fingerprint density at radius 1 is 1.26 bits per heavy atom. The highest BCUT2D eigenvalue weighted by molar-refractivity contribution is 7.11. The van der Waals surface area contributed by atoms with Gasteiger partial charge in [0.1, 0.15) is 0 Å². The summed E-state index contributed by atoms with van der Waals surface area (Å²) in [6.07, 6.45) is 2.92. The number of hydrogen-bond acceptors (Lipinski definition) is 5. The van der Waals surface area contributed by atoms with Crippen LogP contribution in [0, 0.1) is 11.3 Å². The largest absolute Gasteiger partial charge is 0.493 e. The lowest BCUT2D eigenvalue weighted by Gasteiger charge is -2.08. The average Bonchev–Trinajstić information content (AvgIpc) is 2.86. The van der Waals surface area contributed by atoms with Crippen molar-refractivity contribution in [3.8, 4) is 17.6 Å². The first-order valence-corrected chi connectivity index (χ1v) is 6.60. The van der Waals surface area contributed by atoms with Crippen molar-refractivity contribution in [3.05, 3.63) is 39.8 Å². The van der Waals surface area contributed by atoms with Gasteiger partial charge in [-0.15, -0.1) is 11.3 Å². The van der Waals surface area contributed by atoms with Crippen LogP contribution in [0.4, 0.5) is 0 Å². The van der Waals surface area contributed by atoms with Crippen LogP contribution in [-0.4, -0.2) is 19.2 Å². The van der Waals surface area contributed by atoms with Crippen molar-refractivity contribution in [2.75, 3.05) is 14.2 Å². The molecule has 0 saturated heterocycles. The molecule has 2 aromatic rings. The van der Waals surface area contributed by atoms with Gasteiger partial charge >= 0.3 is 0 Å². The van der Waals surface area contributed by atoms with Crippen molar-refractivity contribution < 1.29 is 9.47 Å². The van der Waals surface area contributed by atoms with Gasteiger partial charge in [0.2, 0.25) is 0 Å². The zero-order chi connectivity index (χ0) is 13.7. The molecule has 19 heavy (non-hydrogen) atoms. The predicted octanol–water partition coefficient (Wildman–Crippen LogP) is 2.82. The first kappa shape index (κ1) is 13.4. The molecule has 1 aromatic carbocycles. The Morgan fingerprint density at radius 3 is 2.74 bits per heavy atom. The first-order valence-electron chi connectivity index (χ1n) is 5.78. The van der Waals surface area contributed by atoms with Crippen molar-refractivity contribution in [2.24, 2.45) is 0 Å². The van der Waals surface area contributed by atoms with E-state index in [9.17, 15) is 0 Å². The van der Waals surface area contributed by atoms with E-state index in [4.69, 9.17) is 14.7 Å². The normalized spacial score (nSPS) is 9.95. The Hall–Kier alpha value is -2.06. The molecule has 0 atom stereocenters. The van der Waals surface area contributed by atoms with Crippen molar-refractivity contribution >= 4 is 11.3 Å². The maximum Gasteiger partial charge on any atom is 0.160 e. The molecular formula is C14H14N2O2S. The number of methoxy groups -OCH3 is 2. The minimum absolute atomic E-state index is 0.420. The Bertz CT molecular complexity index is 602. The molecule has 0 bridgehead atoms.